The van der Waals surface area contributed by atoms with Crippen LogP contribution in [0.25, 0.3) is 10.2 Å². The Bertz CT molecular complexity index is 816. The van der Waals surface area contributed by atoms with Crippen LogP contribution in [0.2, 0.25) is 0 Å². The fraction of sp³-hybridized carbons (Fsp3) is 0.143. The van der Waals surface area contributed by atoms with Gasteiger partial charge in [0.1, 0.15) is 22.3 Å². The van der Waals surface area contributed by atoms with Crippen LogP contribution in [0.1, 0.15) is 10.4 Å². The lowest BCUT2D eigenvalue weighted by molar-refractivity contribution is 0.574. The Hall–Kier alpha value is -2.28. The third-order valence-corrected chi connectivity index (χ3v) is 3.94. The van der Waals surface area contributed by atoms with Crippen LogP contribution in [0.15, 0.2) is 24.3 Å². The highest BCUT2D eigenvalue weighted by Gasteiger charge is 2.10. The standard InChI is InChI=1S/C14H12F2N4S/c1-7-4-10-12(19-14(17)20-13(10)21-7)18-6-8-2-3-9(15)5-11(8)16/h2-5H,6H2,1H3,(H3,17,18,19,20). The number of halogens is 2. The quantitative estimate of drug-likeness (QED) is 0.777. The van der Waals surface area contributed by atoms with E-state index in [0.29, 0.717) is 11.4 Å². The van der Waals surface area contributed by atoms with Gasteiger partial charge >= 0.3 is 0 Å². The van der Waals surface area contributed by atoms with Gasteiger partial charge in [0.05, 0.1) is 5.39 Å². The van der Waals surface area contributed by atoms with E-state index in [2.05, 4.69) is 15.3 Å². The molecule has 0 spiro atoms. The van der Waals surface area contributed by atoms with Crippen LogP contribution < -0.4 is 11.1 Å². The molecule has 2 heterocycles. The molecule has 0 atom stereocenters. The van der Waals surface area contributed by atoms with E-state index in [1.807, 2.05) is 13.0 Å². The molecule has 7 heteroatoms. The van der Waals surface area contributed by atoms with Gasteiger partial charge < -0.3 is 11.1 Å². The molecule has 0 fully saturated rings. The number of rotatable bonds is 3. The smallest absolute Gasteiger partial charge is 0.223 e. The minimum Gasteiger partial charge on any atom is -0.368 e. The molecule has 0 amide bonds. The first-order valence-electron chi connectivity index (χ1n) is 6.24. The highest BCUT2D eigenvalue weighted by Crippen LogP contribution is 2.29. The zero-order valence-electron chi connectivity index (χ0n) is 11.2. The molecule has 0 bridgehead atoms. The molecule has 0 unspecified atom stereocenters. The van der Waals surface area contributed by atoms with Crippen LogP contribution in [0.4, 0.5) is 20.5 Å². The van der Waals surface area contributed by atoms with Crippen molar-refractivity contribution >= 4 is 33.3 Å². The second-order valence-corrected chi connectivity index (χ2v) is 5.83. The van der Waals surface area contributed by atoms with Crippen LogP contribution in [0.5, 0.6) is 0 Å². The zero-order chi connectivity index (χ0) is 15.0. The lowest BCUT2D eigenvalue weighted by Gasteiger charge is -2.08. The minimum absolute atomic E-state index is 0.159. The van der Waals surface area contributed by atoms with Gasteiger partial charge in [-0.15, -0.1) is 11.3 Å². The van der Waals surface area contributed by atoms with Crippen molar-refractivity contribution in [2.24, 2.45) is 0 Å². The predicted molar refractivity (Wildman–Crippen MR) is 80.2 cm³/mol. The fourth-order valence-corrected chi connectivity index (χ4v) is 2.92. The molecule has 21 heavy (non-hydrogen) atoms. The van der Waals surface area contributed by atoms with E-state index in [4.69, 9.17) is 5.73 Å². The summed E-state index contributed by atoms with van der Waals surface area (Å²) >= 11 is 1.51. The summed E-state index contributed by atoms with van der Waals surface area (Å²) in [5.41, 5.74) is 6.03. The average molecular weight is 306 g/mol. The summed E-state index contributed by atoms with van der Waals surface area (Å²) in [6.07, 6.45) is 0. The number of hydrogen-bond donors (Lipinski definition) is 2. The van der Waals surface area contributed by atoms with E-state index in [1.165, 1.54) is 23.5 Å². The first kappa shape index (κ1) is 13.7. The van der Waals surface area contributed by atoms with Gasteiger partial charge in [-0.05, 0) is 19.1 Å². The van der Waals surface area contributed by atoms with E-state index < -0.39 is 11.6 Å². The number of nitrogens with two attached hydrogens (primary N) is 1. The van der Waals surface area contributed by atoms with Gasteiger partial charge in [-0.3, -0.25) is 0 Å². The lowest BCUT2D eigenvalue weighted by Crippen LogP contribution is -2.06. The third-order valence-electron chi connectivity index (χ3n) is 2.99. The molecule has 0 radical (unpaired) electrons. The number of benzene rings is 1. The monoisotopic (exact) mass is 306 g/mol. The zero-order valence-corrected chi connectivity index (χ0v) is 12.0. The molecule has 4 nitrogen and oxygen atoms in total. The van der Waals surface area contributed by atoms with Crippen LogP contribution in [0, 0.1) is 18.6 Å². The van der Waals surface area contributed by atoms with E-state index in [-0.39, 0.29) is 12.5 Å². The van der Waals surface area contributed by atoms with Crippen LogP contribution >= 0.6 is 11.3 Å². The summed E-state index contributed by atoms with van der Waals surface area (Å²) in [6, 6.07) is 5.43. The maximum atomic E-state index is 13.6. The van der Waals surface area contributed by atoms with Gasteiger partial charge in [0.15, 0.2) is 0 Å². The van der Waals surface area contributed by atoms with Gasteiger partial charge in [-0.2, -0.15) is 4.98 Å². The van der Waals surface area contributed by atoms with Crippen LogP contribution in [-0.4, -0.2) is 9.97 Å². The first-order chi connectivity index (χ1) is 10.0. The largest absolute Gasteiger partial charge is 0.368 e. The molecule has 0 aliphatic rings. The second-order valence-electron chi connectivity index (χ2n) is 4.60. The van der Waals surface area contributed by atoms with E-state index in [1.54, 1.807) is 0 Å². The van der Waals surface area contributed by atoms with Gasteiger partial charge in [0, 0.05) is 23.1 Å². The van der Waals surface area contributed by atoms with E-state index >= 15 is 0 Å². The third kappa shape index (κ3) is 2.78. The Labute approximate surface area is 123 Å². The first-order valence-corrected chi connectivity index (χ1v) is 7.06. The number of aryl methyl sites for hydroxylation is 1. The van der Waals surface area contributed by atoms with Crippen molar-refractivity contribution in [2.75, 3.05) is 11.1 Å². The van der Waals surface area contributed by atoms with Crippen molar-refractivity contribution in [1.29, 1.82) is 0 Å². The van der Waals surface area contributed by atoms with Crippen molar-refractivity contribution < 1.29 is 8.78 Å². The topological polar surface area (TPSA) is 63.8 Å². The molecule has 0 saturated carbocycles. The highest BCUT2D eigenvalue weighted by atomic mass is 32.1. The van der Waals surface area contributed by atoms with Crippen molar-refractivity contribution in [2.45, 2.75) is 13.5 Å². The fourth-order valence-electron chi connectivity index (χ4n) is 2.04. The maximum Gasteiger partial charge on any atom is 0.223 e. The van der Waals surface area contributed by atoms with Crippen LogP contribution in [0.3, 0.4) is 0 Å². The number of nitrogen functional groups attached to an aromatic ring is 1. The van der Waals surface area contributed by atoms with Gasteiger partial charge in [0.2, 0.25) is 5.95 Å². The summed E-state index contributed by atoms with van der Waals surface area (Å²) < 4.78 is 26.5. The Morgan fingerprint density at radius 1 is 1.24 bits per heavy atom. The number of fused-ring (bicyclic) bond motifs is 1. The Kier molecular flexibility index (Phi) is 3.42. The predicted octanol–water partition coefficient (Wildman–Crippen LogP) is 3.47. The summed E-state index contributed by atoms with van der Waals surface area (Å²) in [5, 5.41) is 3.87. The molecular formula is C14H12F2N4S. The molecule has 108 valence electrons. The van der Waals surface area contributed by atoms with E-state index in [0.717, 1.165) is 21.2 Å². The number of aromatic nitrogens is 2. The van der Waals surface area contributed by atoms with Crippen molar-refractivity contribution in [1.82, 2.24) is 9.97 Å². The highest BCUT2D eigenvalue weighted by molar-refractivity contribution is 7.18. The normalized spacial score (nSPS) is 11.0. The van der Waals surface area contributed by atoms with E-state index in [9.17, 15) is 8.78 Å². The van der Waals surface area contributed by atoms with Crippen molar-refractivity contribution in [3.8, 4) is 0 Å². The van der Waals surface area contributed by atoms with Crippen molar-refractivity contribution in [3.05, 3.63) is 46.3 Å². The van der Waals surface area contributed by atoms with Gasteiger partial charge in [0.25, 0.3) is 0 Å². The Balaban J connectivity index is 1.91. The maximum absolute atomic E-state index is 13.6. The summed E-state index contributed by atoms with van der Waals surface area (Å²) in [5.74, 6) is -0.488. The number of hydrogen-bond acceptors (Lipinski definition) is 5. The number of nitrogens with one attached hydrogen (secondary N) is 1. The molecule has 0 saturated heterocycles. The second kappa shape index (κ2) is 5.25. The Morgan fingerprint density at radius 3 is 2.81 bits per heavy atom. The average Bonchev–Trinajstić information content (AvgIpc) is 2.77. The molecule has 1 aromatic carbocycles. The summed E-state index contributed by atoms with van der Waals surface area (Å²) in [6.45, 7) is 2.15. The number of nitrogens with zero attached hydrogens (tertiary/aromatic N) is 2. The van der Waals surface area contributed by atoms with Gasteiger partial charge in [-0.25, -0.2) is 13.8 Å². The molecular weight excluding hydrogens is 294 g/mol. The van der Waals surface area contributed by atoms with Crippen LogP contribution in [-0.2, 0) is 6.54 Å². The molecule has 2 aromatic heterocycles. The molecule has 3 rings (SSSR count). The van der Waals surface area contributed by atoms with Gasteiger partial charge in [-0.1, -0.05) is 6.07 Å². The summed E-state index contributed by atoms with van der Waals surface area (Å²) in [4.78, 5) is 10.2. The van der Waals surface area contributed by atoms with Crippen molar-refractivity contribution in [3.63, 3.8) is 0 Å². The molecule has 3 N–H and O–H groups in total. The minimum atomic E-state index is -0.599. The number of thiophene rings is 1. The lowest BCUT2D eigenvalue weighted by atomic mass is 10.2. The molecule has 0 aliphatic carbocycles. The summed E-state index contributed by atoms with van der Waals surface area (Å²) in [7, 11) is 0. The Morgan fingerprint density at radius 2 is 2.05 bits per heavy atom. The SMILES string of the molecule is Cc1cc2c(NCc3ccc(F)cc3F)nc(N)nc2s1. The molecule has 3 aromatic rings. The number of anilines is 2. The molecule has 0 aliphatic heterocycles.